The second-order valence-corrected chi connectivity index (χ2v) is 5.68. The summed E-state index contributed by atoms with van der Waals surface area (Å²) in [6.07, 6.45) is 0.275. The van der Waals surface area contributed by atoms with Crippen LogP contribution in [0.25, 0.3) is 0 Å². The monoisotopic (exact) mass is 315 g/mol. The van der Waals surface area contributed by atoms with E-state index in [-0.39, 0.29) is 11.9 Å². The predicted molar refractivity (Wildman–Crippen MR) is 92.0 cm³/mol. The average molecular weight is 315 g/mol. The van der Waals surface area contributed by atoms with Gasteiger partial charge in [0.25, 0.3) is 0 Å². The molecule has 116 valence electrons. The highest BCUT2D eigenvalue weighted by atomic mass is 32.1. The predicted octanol–water partition coefficient (Wildman–Crippen LogP) is 3.08. The zero-order valence-corrected chi connectivity index (χ0v) is 13.5. The van der Waals surface area contributed by atoms with E-state index in [1.807, 2.05) is 37.3 Å². The Morgan fingerprint density at radius 3 is 2.36 bits per heavy atom. The number of carbonyl (C=O) groups excluding carboxylic acids is 1. The number of hydrogen-bond donors (Lipinski definition) is 2. The molecule has 2 N–H and O–H groups in total. The molecule has 0 saturated carbocycles. The molecule has 0 aliphatic rings. The summed E-state index contributed by atoms with van der Waals surface area (Å²) in [5, 5.41) is 0. The van der Waals surface area contributed by atoms with Gasteiger partial charge in [0, 0.05) is 12.2 Å². The van der Waals surface area contributed by atoms with E-state index in [4.69, 9.17) is 10.5 Å². The molecule has 0 fully saturated rings. The first-order valence-corrected chi connectivity index (χ1v) is 7.91. The van der Waals surface area contributed by atoms with E-state index < -0.39 is 12.0 Å². The molecule has 2 atom stereocenters. The number of nitrogens with two attached hydrogens (primary N) is 1. The van der Waals surface area contributed by atoms with Crippen molar-refractivity contribution in [3.8, 4) is 0 Å². The minimum atomic E-state index is -0.701. The zero-order chi connectivity index (χ0) is 15.9. The summed E-state index contributed by atoms with van der Waals surface area (Å²) in [4.78, 5) is 12.0. The summed E-state index contributed by atoms with van der Waals surface area (Å²) in [5.41, 5.74) is 8.99. The topological polar surface area (TPSA) is 52.3 Å². The van der Waals surface area contributed by atoms with Crippen LogP contribution in [-0.4, -0.2) is 17.8 Å². The molecule has 22 heavy (non-hydrogen) atoms. The van der Waals surface area contributed by atoms with Gasteiger partial charge in [-0.1, -0.05) is 60.2 Å². The van der Waals surface area contributed by atoms with Crippen LogP contribution >= 0.6 is 12.6 Å². The van der Waals surface area contributed by atoms with Gasteiger partial charge < -0.3 is 10.5 Å². The van der Waals surface area contributed by atoms with E-state index in [2.05, 4.69) is 36.9 Å². The smallest absolute Gasteiger partial charge is 0.324 e. The van der Waals surface area contributed by atoms with Gasteiger partial charge in [-0.25, -0.2) is 0 Å². The number of thiol groups is 1. The molecule has 2 aromatic rings. The number of aryl methyl sites for hydroxylation is 1. The minimum Gasteiger partial charge on any atom is -0.456 e. The Morgan fingerprint density at radius 1 is 1.14 bits per heavy atom. The van der Waals surface area contributed by atoms with Crippen molar-refractivity contribution in [1.29, 1.82) is 0 Å². The summed E-state index contributed by atoms with van der Waals surface area (Å²) in [6.45, 7) is 2.05. The first-order valence-electron chi connectivity index (χ1n) is 7.27. The molecule has 3 nitrogen and oxygen atoms in total. The molecular weight excluding hydrogens is 294 g/mol. The number of esters is 1. The molecule has 2 rings (SSSR count). The van der Waals surface area contributed by atoms with Crippen LogP contribution in [-0.2, 0) is 16.0 Å². The van der Waals surface area contributed by atoms with Gasteiger partial charge >= 0.3 is 5.97 Å². The largest absolute Gasteiger partial charge is 0.456 e. The van der Waals surface area contributed by atoms with Gasteiger partial charge in [-0.2, -0.15) is 12.6 Å². The lowest BCUT2D eigenvalue weighted by Gasteiger charge is -2.20. The number of benzene rings is 2. The maximum Gasteiger partial charge on any atom is 0.324 e. The molecule has 1 unspecified atom stereocenters. The van der Waals surface area contributed by atoms with Gasteiger partial charge in [0.1, 0.15) is 12.1 Å². The Bertz CT molecular complexity index is 598. The van der Waals surface area contributed by atoms with E-state index in [1.54, 1.807) is 0 Å². The fourth-order valence-electron chi connectivity index (χ4n) is 2.14. The van der Waals surface area contributed by atoms with E-state index >= 15 is 0 Å². The van der Waals surface area contributed by atoms with Crippen LogP contribution in [0, 0.1) is 6.92 Å². The van der Waals surface area contributed by atoms with Gasteiger partial charge in [0.15, 0.2) is 0 Å². The van der Waals surface area contributed by atoms with Crippen molar-refractivity contribution < 1.29 is 9.53 Å². The fourth-order valence-corrected chi connectivity index (χ4v) is 2.28. The maximum absolute atomic E-state index is 12.0. The first kappa shape index (κ1) is 16.6. The highest BCUT2D eigenvalue weighted by Crippen LogP contribution is 2.23. The van der Waals surface area contributed by atoms with Crippen molar-refractivity contribution in [1.82, 2.24) is 0 Å². The van der Waals surface area contributed by atoms with Crippen molar-refractivity contribution in [2.45, 2.75) is 25.5 Å². The van der Waals surface area contributed by atoms with Crippen LogP contribution < -0.4 is 5.73 Å². The molecule has 0 spiro atoms. The fraction of sp³-hybridized carbons (Fsp3) is 0.278. The Balaban J connectivity index is 2.18. The molecule has 0 saturated heterocycles. The summed E-state index contributed by atoms with van der Waals surface area (Å²) in [6, 6.07) is 17.2. The number of ether oxygens (including phenoxy) is 1. The zero-order valence-electron chi connectivity index (χ0n) is 12.6. The van der Waals surface area contributed by atoms with Gasteiger partial charge in [-0.05, 0) is 18.1 Å². The Hall–Kier alpha value is -1.78. The lowest BCUT2D eigenvalue weighted by atomic mass is 10.0. The van der Waals surface area contributed by atoms with Crippen LogP contribution in [0.5, 0.6) is 0 Å². The third kappa shape index (κ3) is 4.61. The van der Waals surface area contributed by atoms with Crippen molar-refractivity contribution in [3.05, 3.63) is 71.3 Å². The van der Waals surface area contributed by atoms with E-state index in [1.165, 1.54) is 5.56 Å². The highest BCUT2D eigenvalue weighted by molar-refractivity contribution is 7.80. The molecule has 0 aromatic heterocycles. The quantitative estimate of drug-likeness (QED) is 0.636. The molecule has 0 bridgehead atoms. The summed E-state index contributed by atoms with van der Waals surface area (Å²) in [7, 11) is 0. The second-order valence-electron chi connectivity index (χ2n) is 5.32. The van der Waals surface area contributed by atoms with E-state index in [0.29, 0.717) is 6.42 Å². The summed E-state index contributed by atoms with van der Waals surface area (Å²) >= 11 is 4.05. The number of hydrogen-bond acceptors (Lipinski definition) is 4. The van der Waals surface area contributed by atoms with Crippen molar-refractivity contribution in [2.24, 2.45) is 5.73 Å². The molecular formula is C18H21NO2S. The Kier molecular flexibility index (Phi) is 6.04. The van der Waals surface area contributed by atoms with Gasteiger partial charge in [-0.15, -0.1) is 0 Å². The Labute approximate surface area is 136 Å². The summed E-state index contributed by atoms with van der Waals surface area (Å²) in [5.74, 6) is -0.152. The first-order chi connectivity index (χ1) is 10.6. The molecule has 2 aromatic carbocycles. The SMILES string of the molecule is Cc1ccc(C[C@H](OC(=O)C(N)CS)c2ccccc2)cc1. The third-order valence-electron chi connectivity index (χ3n) is 3.47. The molecule has 0 aliphatic heterocycles. The standard InChI is InChI=1S/C18H21NO2S/c1-13-7-9-14(10-8-13)11-17(15-5-3-2-4-6-15)21-18(20)16(19)12-22/h2-10,16-17,22H,11-12,19H2,1H3/t16?,17-/m0/s1. The molecule has 0 aliphatic carbocycles. The second kappa shape index (κ2) is 8.01. The van der Waals surface area contributed by atoms with Crippen molar-refractivity contribution in [2.75, 3.05) is 5.75 Å². The van der Waals surface area contributed by atoms with Crippen LogP contribution in [0.1, 0.15) is 22.8 Å². The lowest BCUT2D eigenvalue weighted by Crippen LogP contribution is -2.35. The highest BCUT2D eigenvalue weighted by Gasteiger charge is 2.21. The maximum atomic E-state index is 12.0. The normalized spacial score (nSPS) is 13.4. The van der Waals surface area contributed by atoms with Crippen LogP contribution in [0.15, 0.2) is 54.6 Å². The van der Waals surface area contributed by atoms with Crippen molar-refractivity contribution in [3.63, 3.8) is 0 Å². The Morgan fingerprint density at radius 2 is 1.77 bits per heavy atom. The molecule has 0 heterocycles. The van der Waals surface area contributed by atoms with Gasteiger partial charge in [0.05, 0.1) is 0 Å². The number of rotatable bonds is 6. The van der Waals surface area contributed by atoms with Gasteiger partial charge in [-0.3, -0.25) is 4.79 Å². The van der Waals surface area contributed by atoms with Crippen LogP contribution in [0.3, 0.4) is 0 Å². The molecule has 0 radical (unpaired) electrons. The lowest BCUT2D eigenvalue weighted by molar-refractivity contribution is -0.150. The van der Waals surface area contributed by atoms with Crippen LogP contribution in [0.2, 0.25) is 0 Å². The minimum absolute atomic E-state index is 0.269. The number of carbonyl (C=O) groups is 1. The van der Waals surface area contributed by atoms with Gasteiger partial charge in [0.2, 0.25) is 0 Å². The summed E-state index contributed by atoms with van der Waals surface area (Å²) < 4.78 is 5.61. The van der Waals surface area contributed by atoms with E-state index in [9.17, 15) is 4.79 Å². The van der Waals surface area contributed by atoms with Crippen LogP contribution in [0.4, 0.5) is 0 Å². The average Bonchev–Trinajstić information content (AvgIpc) is 2.56. The van der Waals surface area contributed by atoms with E-state index in [0.717, 1.165) is 11.1 Å². The molecule has 4 heteroatoms. The third-order valence-corrected chi connectivity index (χ3v) is 3.86. The van der Waals surface area contributed by atoms with Crippen molar-refractivity contribution >= 4 is 18.6 Å². The molecule has 0 amide bonds.